The number of rotatable bonds is 5. The predicted octanol–water partition coefficient (Wildman–Crippen LogP) is 1.69. The summed E-state index contributed by atoms with van der Waals surface area (Å²) in [6, 6.07) is 1.59. The minimum absolute atomic E-state index is 0.0419. The summed E-state index contributed by atoms with van der Waals surface area (Å²) in [5.41, 5.74) is 0.876. The molecular formula is C15H23N3O3S2. The highest BCUT2D eigenvalue weighted by atomic mass is 32.2. The van der Waals surface area contributed by atoms with Crippen molar-refractivity contribution in [1.82, 2.24) is 15.3 Å². The Labute approximate surface area is 141 Å². The van der Waals surface area contributed by atoms with Crippen LogP contribution in [0.1, 0.15) is 44.6 Å². The minimum atomic E-state index is -2.99. The molecule has 1 aliphatic heterocycles. The Hall–Kier alpha value is -1.15. The number of hydrogen-bond donors (Lipinski definition) is 1. The van der Waals surface area contributed by atoms with E-state index < -0.39 is 9.84 Å². The summed E-state index contributed by atoms with van der Waals surface area (Å²) in [5, 5.41) is 3.25. The van der Waals surface area contributed by atoms with Crippen molar-refractivity contribution in [3.63, 3.8) is 0 Å². The van der Waals surface area contributed by atoms with Crippen molar-refractivity contribution in [2.24, 2.45) is 0 Å². The summed E-state index contributed by atoms with van der Waals surface area (Å²) in [5.74, 6) is 1.03. The third-order valence-electron chi connectivity index (χ3n) is 3.61. The maximum Gasteiger partial charge on any atom is 0.233 e. The lowest BCUT2D eigenvalue weighted by atomic mass is 10.2. The molecule has 0 aromatic carbocycles. The van der Waals surface area contributed by atoms with Crippen LogP contribution in [0.3, 0.4) is 0 Å². The van der Waals surface area contributed by atoms with E-state index in [0.717, 1.165) is 16.5 Å². The highest BCUT2D eigenvalue weighted by Gasteiger charge is 2.30. The molecule has 0 radical (unpaired) electrons. The monoisotopic (exact) mass is 357 g/mol. The summed E-state index contributed by atoms with van der Waals surface area (Å²) < 4.78 is 22.9. The third-order valence-corrected chi connectivity index (χ3v) is 6.40. The van der Waals surface area contributed by atoms with E-state index in [1.807, 2.05) is 26.8 Å². The van der Waals surface area contributed by atoms with Crippen LogP contribution in [0.4, 0.5) is 0 Å². The molecule has 2 atom stereocenters. The first-order chi connectivity index (χ1) is 10.7. The summed E-state index contributed by atoms with van der Waals surface area (Å²) in [7, 11) is -2.99. The molecule has 1 aromatic rings. The van der Waals surface area contributed by atoms with Crippen LogP contribution in [-0.2, 0) is 14.6 Å². The first-order valence-electron chi connectivity index (χ1n) is 7.69. The van der Waals surface area contributed by atoms with Gasteiger partial charge in [-0.05, 0) is 26.3 Å². The molecule has 1 aliphatic rings. The van der Waals surface area contributed by atoms with Gasteiger partial charge >= 0.3 is 0 Å². The topological polar surface area (TPSA) is 89.0 Å². The van der Waals surface area contributed by atoms with Gasteiger partial charge in [-0.2, -0.15) is 0 Å². The van der Waals surface area contributed by atoms with Crippen molar-refractivity contribution in [3.8, 4) is 0 Å². The molecule has 128 valence electrons. The van der Waals surface area contributed by atoms with Crippen LogP contribution in [0.25, 0.3) is 0 Å². The zero-order valence-electron chi connectivity index (χ0n) is 13.9. The molecule has 0 spiro atoms. The Balaban J connectivity index is 1.98. The van der Waals surface area contributed by atoms with E-state index in [1.54, 1.807) is 6.92 Å². The first kappa shape index (κ1) is 18.2. The van der Waals surface area contributed by atoms with Crippen LogP contribution in [-0.4, -0.2) is 47.1 Å². The summed E-state index contributed by atoms with van der Waals surface area (Å²) >= 11 is 1.37. The maximum absolute atomic E-state index is 12.2. The Morgan fingerprint density at radius 1 is 1.35 bits per heavy atom. The second kappa shape index (κ2) is 7.17. The van der Waals surface area contributed by atoms with Gasteiger partial charge in [-0.3, -0.25) is 4.79 Å². The van der Waals surface area contributed by atoms with Crippen molar-refractivity contribution in [2.75, 3.05) is 11.5 Å². The predicted molar refractivity (Wildman–Crippen MR) is 91.4 cm³/mol. The summed E-state index contributed by atoms with van der Waals surface area (Å²) in [6.07, 6.45) is 0.496. The fraction of sp³-hybridized carbons (Fsp3) is 0.667. The lowest BCUT2D eigenvalue weighted by Gasteiger charge is -2.16. The van der Waals surface area contributed by atoms with E-state index in [-0.39, 0.29) is 34.6 Å². The summed E-state index contributed by atoms with van der Waals surface area (Å²) in [6.45, 7) is 7.77. The van der Waals surface area contributed by atoms with E-state index in [2.05, 4.69) is 15.3 Å². The maximum atomic E-state index is 12.2. The largest absolute Gasteiger partial charge is 0.351 e. The van der Waals surface area contributed by atoms with Gasteiger partial charge in [-0.1, -0.05) is 25.6 Å². The van der Waals surface area contributed by atoms with Crippen molar-refractivity contribution in [2.45, 2.75) is 56.4 Å². The smallest absolute Gasteiger partial charge is 0.233 e. The Bertz CT molecular complexity index is 689. The molecule has 1 N–H and O–H groups in total. The SMILES string of the molecule is Cc1cc(SC(C)C(=O)NC2CCS(=O)(=O)C2)nc(C(C)C)n1. The molecule has 1 amide bonds. The Morgan fingerprint density at radius 2 is 2.04 bits per heavy atom. The van der Waals surface area contributed by atoms with Crippen LogP contribution >= 0.6 is 11.8 Å². The second-order valence-corrected chi connectivity index (χ2v) is 9.82. The normalized spacial score (nSPS) is 21.3. The quantitative estimate of drug-likeness (QED) is 0.637. The molecule has 1 fully saturated rings. The fourth-order valence-electron chi connectivity index (χ4n) is 2.34. The van der Waals surface area contributed by atoms with Gasteiger partial charge < -0.3 is 5.32 Å². The Morgan fingerprint density at radius 3 is 2.61 bits per heavy atom. The molecule has 2 heterocycles. The molecule has 1 saturated heterocycles. The van der Waals surface area contributed by atoms with Crippen molar-refractivity contribution in [1.29, 1.82) is 0 Å². The number of nitrogens with zero attached hydrogens (tertiary/aromatic N) is 2. The Kier molecular flexibility index (Phi) is 5.67. The molecule has 1 aromatic heterocycles. The van der Waals surface area contributed by atoms with E-state index in [9.17, 15) is 13.2 Å². The fourth-order valence-corrected chi connectivity index (χ4v) is 4.94. The van der Waals surface area contributed by atoms with E-state index >= 15 is 0 Å². The lowest BCUT2D eigenvalue weighted by molar-refractivity contribution is -0.120. The van der Waals surface area contributed by atoms with Crippen LogP contribution in [0.5, 0.6) is 0 Å². The zero-order valence-corrected chi connectivity index (χ0v) is 15.5. The number of thioether (sulfide) groups is 1. The van der Waals surface area contributed by atoms with Gasteiger partial charge in [0.2, 0.25) is 5.91 Å². The highest BCUT2D eigenvalue weighted by Crippen LogP contribution is 2.24. The molecule has 23 heavy (non-hydrogen) atoms. The minimum Gasteiger partial charge on any atom is -0.351 e. The van der Waals surface area contributed by atoms with Gasteiger partial charge in [-0.25, -0.2) is 18.4 Å². The average Bonchev–Trinajstić information content (AvgIpc) is 2.77. The number of hydrogen-bond acceptors (Lipinski definition) is 6. The standard InChI is InChI=1S/C15H23N3O3S2/c1-9(2)14-16-10(3)7-13(18-14)22-11(4)15(19)17-12-5-6-23(20,21)8-12/h7,9,11-12H,5-6,8H2,1-4H3,(H,17,19). The number of nitrogens with one attached hydrogen (secondary N) is 1. The van der Waals surface area contributed by atoms with Gasteiger partial charge in [-0.15, -0.1) is 0 Å². The molecule has 6 nitrogen and oxygen atoms in total. The number of carbonyl (C=O) groups excluding carboxylic acids is 1. The zero-order chi connectivity index (χ0) is 17.2. The molecule has 8 heteroatoms. The van der Waals surface area contributed by atoms with Crippen molar-refractivity contribution >= 4 is 27.5 Å². The molecule has 0 aliphatic carbocycles. The average molecular weight is 358 g/mol. The molecule has 0 saturated carbocycles. The number of carbonyl (C=O) groups is 1. The van der Waals surface area contributed by atoms with E-state index in [4.69, 9.17) is 0 Å². The van der Waals surface area contributed by atoms with Gasteiger partial charge in [0.15, 0.2) is 9.84 Å². The molecule has 0 bridgehead atoms. The van der Waals surface area contributed by atoms with Crippen LogP contribution < -0.4 is 5.32 Å². The van der Waals surface area contributed by atoms with E-state index in [0.29, 0.717) is 6.42 Å². The number of sulfone groups is 1. The molecule has 2 rings (SSSR count). The second-order valence-electron chi connectivity index (χ2n) is 6.23. The van der Waals surface area contributed by atoms with Crippen LogP contribution in [0.15, 0.2) is 11.1 Å². The van der Waals surface area contributed by atoms with Crippen molar-refractivity contribution < 1.29 is 13.2 Å². The van der Waals surface area contributed by atoms with Crippen LogP contribution in [0.2, 0.25) is 0 Å². The number of aromatic nitrogens is 2. The number of aryl methyl sites for hydroxylation is 1. The molecule has 2 unspecified atom stereocenters. The first-order valence-corrected chi connectivity index (χ1v) is 10.4. The van der Waals surface area contributed by atoms with Gasteiger partial charge in [0.1, 0.15) is 10.9 Å². The molecular weight excluding hydrogens is 334 g/mol. The van der Waals surface area contributed by atoms with Gasteiger partial charge in [0, 0.05) is 17.7 Å². The van der Waals surface area contributed by atoms with E-state index in [1.165, 1.54) is 11.8 Å². The van der Waals surface area contributed by atoms with Crippen molar-refractivity contribution in [3.05, 3.63) is 17.6 Å². The summed E-state index contributed by atoms with van der Waals surface area (Å²) in [4.78, 5) is 21.1. The van der Waals surface area contributed by atoms with Gasteiger partial charge in [0.05, 0.1) is 16.8 Å². The van der Waals surface area contributed by atoms with Crippen LogP contribution in [0, 0.1) is 6.92 Å². The van der Waals surface area contributed by atoms with Gasteiger partial charge in [0.25, 0.3) is 0 Å². The number of amides is 1. The third kappa shape index (κ3) is 5.17. The lowest BCUT2D eigenvalue weighted by Crippen LogP contribution is -2.39. The highest BCUT2D eigenvalue weighted by molar-refractivity contribution is 8.00.